The second-order valence-electron chi connectivity index (χ2n) is 6.10. The molecule has 5 nitrogen and oxygen atoms in total. The summed E-state index contributed by atoms with van der Waals surface area (Å²) in [6, 6.07) is 0.389. The Morgan fingerprint density at radius 2 is 1.80 bits per heavy atom. The van der Waals surface area contributed by atoms with Crippen molar-refractivity contribution >= 4 is 11.8 Å². The number of likely N-dealkylation sites (tertiary alicyclic amines) is 2. The summed E-state index contributed by atoms with van der Waals surface area (Å²) in [5.74, 6) is 0.525. The average molecular weight is 281 g/mol. The van der Waals surface area contributed by atoms with Crippen LogP contribution in [0, 0.1) is 5.92 Å². The molecule has 2 aliphatic heterocycles. The Morgan fingerprint density at radius 3 is 2.40 bits per heavy atom. The van der Waals surface area contributed by atoms with Crippen LogP contribution in [0.1, 0.15) is 39.0 Å². The molecule has 0 saturated carbocycles. The maximum absolute atomic E-state index is 12.4. The molecule has 2 fully saturated rings. The van der Waals surface area contributed by atoms with E-state index in [9.17, 15) is 9.59 Å². The van der Waals surface area contributed by atoms with E-state index in [2.05, 4.69) is 17.1 Å². The summed E-state index contributed by atoms with van der Waals surface area (Å²) in [7, 11) is 1.69. The monoisotopic (exact) mass is 281 g/mol. The molecule has 0 radical (unpaired) electrons. The van der Waals surface area contributed by atoms with Crippen molar-refractivity contribution < 1.29 is 9.59 Å². The molecule has 0 spiro atoms. The van der Waals surface area contributed by atoms with E-state index in [0.717, 1.165) is 45.3 Å². The zero-order valence-corrected chi connectivity index (χ0v) is 12.7. The van der Waals surface area contributed by atoms with Crippen LogP contribution in [0.4, 0.5) is 0 Å². The number of amides is 2. The van der Waals surface area contributed by atoms with Crippen molar-refractivity contribution in [2.75, 3.05) is 33.2 Å². The second kappa shape index (κ2) is 7.07. The van der Waals surface area contributed by atoms with Gasteiger partial charge in [-0.05, 0) is 52.1 Å². The van der Waals surface area contributed by atoms with Gasteiger partial charge in [-0.3, -0.25) is 14.5 Å². The number of nitrogens with one attached hydrogen (secondary N) is 1. The minimum atomic E-state index is 0.125. The predicted octanol–water partition coefficient (Wildman–Crippen LogP) is 0.845. The van der Waals surface area contributed by atoms with E-state index in [1.807, 2.05) is 4.90 Å². The molecular formula is C15H27N3O2. The Labute approximate surface area is 121 Å². The standard InChI is InChI=1S/C15H27N3O2/c1-12-5-3-4-8-18(12)14(19)11-17-9-6-13(7-10-17)15(20)16-2/h12-13H,3-11H2,1-2H3,(H,16,20). The van der Waals surface area contributed by atoms with E-state index < -0.39 is 0 Å². The van der Waals surface area contributed by atoms with Gasteiger partial charge in [-0.15, -0.1) is 0 Å². The van der Waals surface area contributed by atoms with Gasteiger partial charge in [-0.2, -0.15) is 0 Å². The zero-order valence-electron chi connectivity index (χ0n) is 12.7. The molecule has 0 aliphatic carbocycles. The van der Waals surface area contributed by atoms with Crippen molar-refractivity contribution in [1.29, 1.82) is 0 Å². The Kier molecular flexibility index (Phi) is 5.40. The van der Waals surface area contributed by atoms with Crippen molar-refractivity contribution in [3.05, 3.63) is 0 Å². The minimum Gasteiger partial charge on any atom is -0.359 e. The van der Waals surface area contributed by atoms with E-state index in [-0.39, 0.29) is 17.7 Å². The molecule has 1 unspecified atom stereocenters. The van der Waals surface area contributed by atoms with E-state index in [1.165, 1.54) is 6.42 Å². The normalized spacial score (nSPS) is 25.5. The second-order valence-corrected chi connectivity index (χ2v) is 6.10. The molecule has 20 heavy (non-hydrogen) atoms. The van der Waals surface area contributed by atoms with Gasteiger partial charge < -0.3 is 10.2 Å². The summed E-state index contributed by atoms with van der Waals surface area (Å²) in [5.41, 5.74) is 0. The van der Waals surface area contributed by atoms with Crippen LogP contribution < -0.4 is 5.32 Å². The van der Waals surface area contributed by atoms with Crippen molar-refractivity contribution in [2.24, 2.45) is 5.92 Å². The fourth-order valence-corrected chi connectivity index (χ4v) is 3.31. The highest BCUT2D eigenvalue weighted by atomic mass is 16.2. The Bertz CT molecular complexity index is 351. The van der Waals surface area contributed by atoms with Gasteiger partial charge in [0.1, 0.15) is 0 Å². The quantitative estimate of drug-likeness (QED) is 0.834. The van der Waals surface area contributed by atoms with Gasteiger partial charge in [0.05, 0.1) is 6.54 Å². The van der Waals surface area contributed by atoms with Gasteiger partial charge in [0.15, 0.2) is 0 Å². The summed E-state index contributed by atoms with van der Waals surface area (Å²) >= 11 is 0. The Hall–Kier alpha value is -1.10. The van der Waals surface area contributed by atoms with Crippen molar-refractivity contribution in [3.8, 4) is 0 Å². The maximum atomic E-state index is 12.4. The molecule has 2 heterocycles. The molecule has 0 aromatic carbocycles. The lowest BCUT2D eigenvalue weighted by atomic mass is 9.96. The van der Waals surface area contributed by atoms with Crippen LogP contribution in [-0.2, 0) is 9.59 Å². The minimum absolute atomic E-state index is 0.125. The molecule has 2 saturated heterocycles. The number of carbonyl (C=O) groups excluding carboxylic acids is 2. The lowest BCUT2D eigenvalue weighted by Gasteiger charge is -2.36. The van der Waals surface area contributed by atoms with Crippen LogP contribution in [0.3, 0.4) is 0 Å². The van der Waals surface area contributed by atoms with E-state index in [4.69, 9.17) is 0 Å². The lowest BCUT2D eigenvalue weighted by molar-refractivity contribution is -0.136. The van der Waals surface area contributed by atoms with E-state index in [1.54, 1.807) is 7.05 Å². The third-order valence-corrected chi connectivity index (χ3v) is 4.69. The smallest absolute Gasteiger partial charge is 0.236 e. The van der Waals surface area contributed by atoms with Crippen LogP contribution >= 0.6 is 0 Å². The maximum Gasteiger partial charge on any atom is 0.236 e. The van der Waals surface area contributed by atoms with Crippen LogP contribution in [-0.4, -0.2) is 60.9 Å². The van der Waals surface area contributed by atoms with E-state index in [0.29, 0.717) is 12.6 Å². The fraction of sp³-hybridized carbons (Fsp3) is 0.867. The number of hydrogen-bond acceptors (Lipinski definition) is 3. The van der Waals surface area contributed by atoms with Crippen LogP contribution in [0.5, 0.6) is 0 Å². The third kappa shape index (κ3) is 3.72. The van der Waals surface area contributed by atoms with Gasteiger partial charge >= 0.3 is 0 Å². The van der Waals surface area contributed by atoms with Gasteiger partial charge in [-0.25, -0.2) is 0 Å². The SMILES string of the molecule is CNC(=O)C1CCN(CC(=O)N2CCCCC2C)CC1. The van der Waals surface area contributed by atoms with Crippen molar-refractivity contribution in [3.63, 3.8) is 0 Å². The highest BCUT2D eigenvalue weighted by Gasteiger charge is 2.28. The number of carbonyl (C=O) groups is 2. The summed E-state index contributed by atoms with van der Waals surface area (Å²) in [5, 5.41) is 2.72. The molecule has 0 aromatic rings. The summed E-state index contributed by atoms with van der Waals surface area (Å²) in [4.78, 5) is 28.2. The molecule has 2 aliphatic rings. The summed E-state index contributed by atoms with van der Waals surface area (Å²) in [6.07, 6.45) is 5.23. The first-order valence-corrected chi connectivity index (χ1v) is 7.85. The largest absolute Gasteiger partial charge is 0.359 e. The topological polar surface area (TPSA) is 52.7 Å². The number of nitrogens with zero attached hydrogens (tertiary/aromatic N) is 2. The molecule has 1 atom stereocenters. The Balaban J connectivity index is 1.77. The lowest BCUT2D eigenvalue weighted by Crippen LogP contribution is -2.49. The van der Waals surface area contributed by atoms with Gasteiger partial charge in [0.25, 0.3) is 0 Å². The molecule has 0 aromatic heterocycles. The molecule has 114 valence electrons. The summed E-state index contributed by atoms with van der Waals surface area (Å²) in [6.45, 7) is 5.28. The first-order chi connectivity index (χ1) is 9.61. The van der Waals surface area contributed by atoms with Crippen LogP contribution in [0.25, 0.3) is 0 Å². The van der Waals surface area contributed by atoms with E-state index >= 15 is 0 Å². The first-order valence-electron chi connectivity index (χ1n) is 7.85. The molecular weight excluding hydrogens is 254 g/mol. The molecule has 1 N–H and O–H groups in total. The number of rotatable bonds is 3. The summed E-state index contributed by atoms with van der Waals surface area (Å²) < 4.78 is 0. The van der Waals surface area contributed by atoms with Crippen molar-refractivity contribution in [2.45, 2.75) is 45.1 Å². The molecule has 2 amide bonds. The number of hydrogen-bond donors (Lipinski definition) is 1. The third-order valence-electron chi connectivity index (χ3n) is 4.69. The van der Waals surface area contributed by atoms with Gasteiger partial charge in [0.2, 0.25) is 11.8 Å². The molecule has 0 bridgehead atoms. The van der Waals surface area contributed by atoms with Crippen LogP contribution in [0.2, 0.25) is 0 Å². The fourth-order valence-electron chi connectivity index (χ4n) is 3.31. The van der Waals surface area contributed by atoms with Gasteiger partial charge in [0, 0.05) is 25.6 Å². The highest BCUT2D eigenvalue weighted by Crippen LogP contribution is 2.19. The average Bonchev–Trinajstić information content (AvgIpc) is 2.47. The molecule has 5 heteroatoms. The van der Waals surface area contributed by atoms with Crippen LogP contribution in [0.15, 0.2) is 0 Å². The highest BCUT2D eigenvalue weighted by molar-refractivity contribution is 5.79. The Morgan fingerprint density at radius 1 is 1.10 bits per heavy atom. The predicted molar refractivity (Wildman–Crippen MR) is 78.3 cm³/mol. The first kappa shape index (κ1) is 15.3. The number of piperidine rings is 2. The van der Waals surface area contributed by atoms with Gasteiger partial charge in [-0.1, -0.05) is 0 Å². The molecule has 2 rings (SSSR count). The zero-order chi connectivity index (χ0) is 14.5. The van der Waals surface area contributed by atoms with Crippen molar-refractivity contribution in [1.82, 2.24) is 15.1 Å².